The van der Waals surface area contributed by atoms with Gasteiger partial charge >= 0.3 is 0 Å². The molecule has 12 rings (SSSR count). The fraction of sp³-hybridized carbons (Fsp3) is 0.0182. The van der Waals surface area contributed by atoms with Crippen molar-refractivity contribution < 1.29 is 0 Å². The van der Waals surface area contributed by atoms with Crippen molar-refractivity contribution in [1.82, 2.24) is 0 Å². The van der Waals surface area contributed by atoms with Crippen LogP contribution in [-0.4, -0.2) is 0 Å². The van der Waals surface area contributed by atoms with Crippen LogP contribution in [0.1, 0.15) is 22.3 Å². The predicted octanol–water partition coefficient (Wildman–Crippen LogP) is 15.2. The van der Waals surface area contributed by atoms with E-state index in [9.17, 15) is 0 Å². The molecular formula is C55H35NS. The third kappa shape index (κ3) is 4.56. The average Bonchev–Trinajstić information content (AvgIpc) is 3.92. The zero-order valence-corrected chi connectivity index (χ0v) is 31.9. The molecule has 2 heteroatoms. The molecule has 1 spiro atoms. The Bertz CT molecular complexity index is 3180. The number of rotatable bonds is 5. The second-order valence-corrected chi connectivity index (χ2v) is 16.2. The minimum Gasteiger partial charge on any atom is -0.309 e. The van der Waals surface area contributed by atoms with Gasteiger partial charge in [0.15, 0.2) is 0 Å². The third-order valence-electron chi connectivity index (χ3n) is 12.3. The van der Waals surface area contributed by atoms with Gasteiger partial charge in [-0.25, -0.2) is 0 Å². The van der Waals surface area contributed by atoms with Gasteiger partial charge in [-0.1, -0.05) is 182 Å². The van der Waals surface area contributed by atoms with Crippen LogP contribution in [-0.2, 0) is 5.41 Å². The van der Waals surface area contributed by atoms with Crippen LogP contribution in [0.3, 0.4) is 0 Å². The number of fused-ring (bicyclic) bond motifs is 14. The lowest BCUT2D eigenvalue weighted by atomic mass is 9.70. The van der Waals surface area contributed by atoms with Gasteiger partial charge in [0.05, 0.1) is 16.8 Å². The third-order valence-corrected chi connectivity index (χ3v) is 13.5. The summed E-state index contributed by atoms with van der Waals surface area (Å²) in [6.07, 6.45) is 0. The highest BCUT2D eigenvalue weighted by Gasteiger charge is 2.53. The number of anilines is 3. The van der Waals surface area contributed by atoms with Gasteiger partial charge in [0.2, 0.25) is 0 Å². The van der Waals surface area contributed by atoms with E-state index in [1.54, 1.807) is 0 Å². The van der Waals surface area contributed by atoms with Crippen LogP contribution in [0.15, 0.2) is 212 Å². The van der Waals surface area contributed by atoms with E-state index in [2.05, 4.69) is 217 Å². The average molecular weight is 742 g/mol. The van der Waals surface area contributed by atoms with Crippen LogP contribution in [0.5, 0.6) is 0 Å². The lowest BCUT2D eigenvalue weighted by molar-refractivity contribution is 0.794. The molecule has 2 aliphatic carbocycles. The fourth-order valence-electron chi connectivity index (χ4n) is 9.99. The number of benzene rings is 9. The molecule has 0 bridgehead atoms. The molecule has 1 nitrogen and oxygen atoms in total. The Morgan fingerprint density at radius 2 is 0.877 bits per heavy atom. The SMILES string of the molecule is c1ccc(-c2ccc(N(c3ccccc3-c3ccccc3)c3cccc4c3-c3ccccc3C43c4ccccc4-c4c3ccc3c4sc4ccccc43)cc2)cc1. The Morgan fingerprint density at radius 3 is 1.63 bits per heavy atom. The molecule has 0 radical (unpaired) electrons. The minimum absolute atomic E-state index is 0.472. The molecule has 0 fully saturated rings. The maximum atomic E-state index is 2.50. The molecule has 9 aromatic carbocycles. The normalized spacial score (nSPS) is 14.7. The molecule has 0 saturated carbocycles. The predicted molar refractivity (Wildman–Crippen MR) is 241 cm³/mol. The quantitative estimate of drug-likeness (QED) is 0.170. The highest BCUT2D eigenvalue weighted by atomic mass is 32.1. The summed E-state index contributed by atoms with van der Waals surface area (Å²) < 4.78 is 2.71. The van der Waals surface area contributed by atoms with E-state index in [-0.39, 0.29) is 0 Å². The van der Waals surface area contributed by atoms with Gasteiger partial charge in [-0.3, -0.25) is 0 Å². The van der Waals surface area contributed by atoms with Crippen LogP contribution in [0.2, 0.25) is 0 Å². The number of hydrogen-bond acceptors (Lipinski definition) is 2. The van der Waals surface area contributed by atoms with Crippen molar-refractivity contribution in [1.29, 1.82) is 0 Å². The number of nitrogens with zero attached hydrogens (tertiary/aromatic N) is 1. The molecule has 1 aromatic heterocycles. The standard InChI is InChI=1S/C55H35NS/c1-3-16-36(17-4-1)37-30-32-39(33-31-37)56(49-27-13-9-20-40(49)38-18-5-2-6-19-38)50-28-15-26-47-52(50)43-22-7-11-24-45(43)55(47)46-25-12-8-23-44(46)53-48(55)35-34-42-41-21-10-14-29-51(41)57-54(42)53/h1-35H. The van der Waals surface area contributed by atoms with Crippen molar-refractivity contribution in [2.45, 2.75) is 5.41 Å². The number of para-hydroxylation sites is 1. The van der Waals surface area contributed by atoms with Crippen LogP contribution < -0.4 is 4.90 Å². The maximum Gasteiger partial charge on any atom is 0.0726 e. The molecule has 0 aliphatic heterocycles. The summed E-state index contributed by atoms with van der Waals surface area (Å²) in [7, 11) is 0. The van der Waals surface area contributed by atoms with Gasteiger partial charge in [0, 0.05) is 42.6 Å². The Kier molecular flexibility index (Phi) is 7.08. The topological polar surface area (TPSA) is 3.24 Å². The van der Waals surface area contributed by atoms with E-state index in [0.717, 1.165) is 11.4 Å². The summed E-state index contributed by atoms with van der Waals surface area (Å²) in [6, 6.07) is 78.5. The van der Waals surface area contributed by atoms with Crippen molar-refractivity contribution in [3.05, 3.63) is 235 Å². The largest absolute Gasteiger partial charge is 0.309 e. The minimum atomic E-state index is -0.472. The molecule has 1 unspecified atom stereocenters. The summed E-state index contributed by atoms with van der Waals surface area (Å²) in [5.74, 6) is 0. The van der Waals surface area contributed by atoms with E-state index >= 15 is 0 Å². The van der Waals surface area contributed by atoms with Crippen LogP contribution in [0.4, 0.5) is 17.1 Å². The first kappa shape index (κ1) is 32.3. The highest BCUT2D eigenvalue weighted by molar-refractivity contribution is 7.26. The second-order valence-electron chi connectivity index (χ2n) is 15.1. The Hall–Kier alpha value is -7.00. The molecule has 0 saturated heterocycles. The van der Waals surface area contributed by atoms with E-state index in [4.69, 9.17) is 0 Å². The van der Waals surface area contributed by atoms with Gasteiger partial charge in [-0.15, -0.1) is 11.3 Å². The lowest BCUT2D eigenvalue weighted by Gasteiger charge is -2.32. The smallest absolute Gasteiger partial charge is 0.0726 e. The molecule has 2 aliphatic rings. The first-order valence-corrected chi connectivity index (χ1v) is 20.5. The van der Waals surface area contributed by atoms with E-state index in [1.807, 2.05) is 11.3 Å². The zero-order chi connectivity index (χ0) is 37.5. The van der Waals surface area contributed by atoms with E-state index in [0.29, 0.717) is 0 Å². The van der Waals surface area contributed by atoms with Crippen LogP contribution >= 0.6 is 11.3 Å². The molecule has 57 heavy (non-hydrogen) atoms. The van der Waals surface area contributed by atoms with Gasteiger partial charge in [0.25, 0.3) is 0 Å². The molecule has 0 N–H and O–H groups in total. The number of hydrogen-bond donors (Lipinski definition) is 0. The summed E-state index contributed by atoms with van der Waals surface area (Å²) in [6.45, 7) is 0. The molecular weight excluding hydrogens is 707 g/mol. The van der Waals surface area contributed by atoms with Crippen molar-refractivity contribution in [2.75, 3.05) is 4.90 Å². The molecule has 0 amide bonds. The first-order chi connectivity index (χ1) is 28.3. The van der Waals surface area contributed by atoms with Crippen molar-refractivity contribution in [2.24, 2.45) is 0 Å². The maximum absolute atomic E-state index is 2.50. The van der Waals surface area contributed by atoms with Crippen molar-refractivity contribution in [3.8, 4) is 44.5 Å². The molecule has 1 heterocycles. The summed E-state index contributed by atoms with van der Waals surface area (Å²) >= 11 is 1.93. The van der Waals surface area contributed by atoms with Gasteiger partial charge in [0.1, 0.15) is 0 Å². The summed E-state index contributed by atoms with van der Waals surface area (Å²) in [5.41, 5.74) is 18.4. The second kappa shape index (κ2) is 12.5. The van der Waals surface area contributed by atoms with Crippen molar-refractivity contribution >= 4 is 48.6 Å². The van der Waals surface area contributed by atoms with Gasteiger partial charge in [-0.2, -0.15) is 0 Å². The van der Waals surface area contributed by atoms with Crippen LogP contribution in [0.25, 0.3) is 64.7 Å². The number of thiophene rings is 1. The Morgan fingerprint density at radius 1 is 0.333 bits per heavy atom. The lowest BCUT2D eigenvalue weighted by Crippen LogP contribution is -2.26. The molecule has 1 atom stereocenters. The fourth-order valence-corrected chi connectivity index (χ4v) is 11.3. The Labute approximate surface area is 336 Å². The first-order valence-electron chi connectivity index (χ1n) is 19.7. The van der Waals surface area contributed by atoms with Crippen LogP contribution in [0, 0.1) is 0 Å². The molecule has 266 valence electrons. The summed E-state index contributed by atoms with van der Waals surface area (Å²) in [5, 5.41) is 2.67. The molecule has 10 aromatic rings. The zero-order valence-electron chi connectivity index (χ0n) is 31.1. The monoisotopic (exact) mass is 741 g/mol. The van der Waals surface area contributed by atoms with E-state index in [1.165, 1.54) is 92.6 Å². The van der Waals surface area contributed by atoms with E-state index < -0.39 is 5.41 Å². The van der Waals surface area contributed by atoms with Crippen molar-refractivity contribution in [3.63, 3.8) is 0 Å². The Balaban J connectivity index is 1.16. The summed E-state index contributed by atoms with van der Waals surface area (Å²) in [4.78, 5) is 2.50. The highest BCUT2D eigenvalue weighted by Crippen LogP contribution is 2.66. The van der Waals surface area contributed by atoms with Gasteiger partial charge < -0.3 is 4.90 Å². The van der Waals surface area contributed by atoms with Gasteiger partial charge in [-0.05, 0) is 80.4 Å².